The third kappa shape index (κ3) is 7.15. The molecule has 1 aromatic carbocycles. The van der Waals surface area contributed by atoms with Crippen molar-refractivity contribution < 1.29 is 14.3 Å². The molecule has 0 saturated heterocycles. The molecule has 0 aliphatic rings. The van der Waals surface area contributed by atoms with Crippen LogP contribution in [0.2, 0.25) is 0 Å². The van der Waals surface area contributed by atoms with Crippen LogP contribution < -0.4 is 10.6 Å². The van der Waals surface area contributed by atoms with Crippen LogP contribution in [0.4, 0.5) is 4.79 Å². The number of benzene rings is 1. The molecule has 0 bridgehead atoms. The maximum absolute atomic E-state index is 11.8. The molecular weight excluding hydrogens is 268 g/mol. The van der Waals surface area contributed by atoms with Gasteiger partial charge in [-0.1, -0.05) is 36.4 Å². The number of rotatable bonds is 4. The predicted octanol–water partition coefficient (Wildman–Crippen LogP) is 2.65. The molecule has 21 heavy (non-hydrogen) atoms. The number of nitrogens with one attached hydrogen (secondary N) is 2. The van der Waals surface area contributed by atoms with E-state index in [0.717, 1.165) is 11.1 Å². The number of carbonyl (C=O) groups is 2. The first-order chi connectivity index (χ1) is 9.65. The summed E-state index contributed by atoms with van der Waals surface area (Å²) in [6, 6.07) is 7.66. The molecule has 0 unspecified atom stereocenters. The van der Waals surface area contributed by atoms with Gasteiger partial charge in [0.25, 0.3) is 0 Å². The van der Waals surface area contributed by atoms with Crippen LogP contribution in [0.1, 0.15) is 31.9 Å². The van der Waals surface area contributed by atoms with Crippen molar-refractivity contribution in [3.63, 3.8) is 0 Å². The third-order valence-corrected chi connectivity index (χ3v) is 2.39. The number of alkyl carbamates (subject to hydrolysis) is 1. The molecule has 0 atom stereocenters. The molecule has 5 heteroatoms. The Morgan fingerprint density at radius 3 is 2.48 bits per heavy atom. The average Bonchev–Trinajstić information content (AvgIpc) is 2.24. The lowest BCUT2D eigenvalue weighted by Crippen LogP contribution is -2.38. The highest BCUT2D eigenvalue weighted by Gasteiger charge is 2.17. The Morgan fingerprint density at radius 1 is 1.24 bits per heavy atom. The second-order valence-electron chi connectivity index (χ2n) is 5.82. The molecule has 1 aromatic rings. The minimum absolute atomic E-state index is 0.0990. The van der Waals surface area contributed by atoms with Gasteiger partial charge in [-0.15, -0.1) is 0 Å². The molecular formula is C16H22N2O3. The van der Waals surface area contributed by atoms with Crippen LogP contribution in [0.3, 0.4) is 0 Å². The van der Waals surface area contributed by atoms with E-state index < -0.39 is 11.7 Å². The zero-order chi connectivity index (χ0) is 16.0. The average molecular weight is 290 g/mol. The fraction of sp³-hybridized carbons (Fsp3) is 0.375. The summed E-state index contributed by atoms with van der Waals surface area (Å²) in [5.74, 6) is -0.149. The highest BCUT2D eigenvalue weighted by Crippen LogP contribution is 2.07. The Labute approximate surface area is 125 Å². The zero-order valence-electron chi connectivity index (χ0n) is 12.9. The van der Waals surface area contributed by atoms with Crippen molar-refractivity contribution in [2.75, 3.05) is 0 Å². The van der Waals surface area contributed by atoms with E-state index in [1.165, 1.54) is 0 Å². The van der Waals surface area contributed by atoms with E-state index >= 15 is 0 Å². The van der Waals surface area contributed by atoms with Crippen molar-refractivity contribution >= 4 is 12.0 Å². The lowest BCUT2D eigenvalue weighted by Gasteiger charge is -2.20. The normalized spacial score (nSPS) is 10.7. The molecule has 0 heterocycles. The van der Waals surface area contributed by atoms with E-state index in [1.807, 2.05) is 31.2 Å². The van der Waals surface area contributed by atoms with Gasteiger partial charge in [-0.2, -0.15) is 0 Å². The van der Waals surface area contributed by atoms with Crippen LogP contribution in [0.25, 0.3) is 0 Å². The van der Waals surface area contributed by atoms with E-state index in [-0.39, 0.29) is 18.1 Å². The lowest BCUT2D eigenvalue weighted by atomic mass is 10.1. The highest BCUT2D eigenvalue weighted by molar-refractivity contribution is 5.81. The summed E-state index contributed by atoms with van der Waals surface area (Å²) in [7, 11) is 0. The molecule has 114 valence electrons. The minimum Gasteiger partial charge on any atom is -0.444 e. The quantitative estimate of drug-likeness (QED) is 0.895. The molecule has 0 aliphatic heterocycles. The Hall–Kier alpha value is -2.30. The van der Waals surface area contributed by atoms with Gasteiger partial charge in [0.1, 0.15) is 11.4 Å². The van der Waals surface area contributed by atoms with Crippen LogP contribution in [-0.2, 0) is 16.0 Å². The van der Waals surface area contributed by atoms with E-state index in [4.69, 9.17) is 4.74 Å². The summed E-state index contributed by atoms with van der Waals surface area (Å²) >= 11 is 0. The molecule has 0 radical (unpaired) electrons. The topological polar surface area (TPSA) is 67.4 Å². The molecule has 0 aliphatic carbocycles. The molecule has 2 amide bonds. The first kappa shape index (κ1) is 16.8. The van der Waals surface area contributed by atoms with Crippen LogP contribution in [0.15, 0.2) is 36.7 Å². The monoisotopic (exact) mass is 290 g/mol. The SMILES string of the molecule is C=C(NC(=O)Cc1cccc(C)c1)NC(=O)OC(C)(C)C. The second kappa shape index (κ2) is 6.92. The van der Waals surface area contributed by atoms with Crippen molar-refractivity contribution in [2.45, 2.75) is 39.7 Å². The highest BCUT2D eigenvalue weighted by atomic mass is 16.6. The second-order valence-corrected chi connectivity index (χ2v) is 5.82. The zero-order valence-corrected chi connectivity index (χ0v) is 12.9. The predicted molar refractivity (Wildman–Crippen MR) is 81.5 cm³/mol. The summed E-state index contributed by atoms with van der Waals surface area (Å²) in [4.78, 5) is 23.3. The first-order valence-electron chi connectivity index (χ1n) is 6.70. The van der Waals surface area contributed by atoms with Gasteiger partial charge in [0.2, 0.25) is 5.91 Å². The van der Waals surface area contributed by atoms with E-state index in [0.29, 0.717) is 0 Å². The molecule has 0 fully saturated rings. The van der Waals surface area contributed by atoms with Gasteiger partial charge in [-0.05, 0) is 33.3 Å². The van der Waals surface area contributed by atoms with Crippen molar-refractivity contribution in [3.05, 3.63) is 47.8 Å². The van der Waals surface area contributed by atoms with E-state index in [2.05, 4.69) is 17.2 Å². The van der Waals surface area contributed by atoms with Gasteiger partial charge < -0.3 is 10.1 Å². The van der Waals surface area contributed by atoms with Crippen molar-refractivity contribution in [1.82, 2.24) is 10.6 Å². The maximum Gasteiger partial charge on any atom is 0.413 e. The number of carbonyl (C=O) groups excluding carboxylic acids is 2. The van der Waals surface area contributed by atoms with Crippen LogP contribution >= 0.6 is 0 Å². The number of hydrogen-bond acceptors (Lipinski definition) is 3. The van der Waals surface area contributed by atoms with Gasteiger partial charge in [-0.25, -0.2) is 4.79 Å². The summed E-state index contributed by atoms with van der Waals surface area (Å²) < 4.78 is 5.06. The fourth-order valence-electron chi connectivity index (χ4n) is 1.68. The summed E-state index contributed by atoms with van der Waals surface area (Å²) in [6.07, 6.45) is -0.431. The molecule has 5 nitrogen and oxygen atoms in total. The van der Waals surface area contributed by atoms with Crippen molar-refractivity contribution in [1.29, 1.82) is 0 Å². The Kier molecular flexibility index (Phi) is 5.52. The van der Waals surface area contributed by atoms with Gasteiger partial charge in [0, 0.05) is 0 Å². The maximum atomic E-state index is 11.8. The smallest absolute Gasteiger partial charge is 0.413 e. The molecule has 0 saturated carbocycles. The molecule has 2 N–H and O–H groups in total. The largest absolute Gasteiger partial charge is 0.444 e. The van der Waals surface area contributed by atoms with Gasteiger partial charge in [-0.3, -0.25) is 10.1 Å². The van der Waals surface area contributed by atoms with Crippen LogP contribution in [0, 0.1) is 6.92 Å². The fourth-order valence-corrected chi connectivity index (χ4v) is 1.68. The molecule has 0 aromatic heterocycles. The van der Waals surface area contributed by atoms with Gasteiger partial charge in [0.05, 0.1) is 6.42 Å². The minimum atomic E-state index is -0.650. The lowest BCUT2D eigenvalue weighted by molar-refractivity contribution is -0.119. The number of aryl methyl sites for hydroxylation is 1. The van der Waals surface area contributed by atoms with Crippen LogP contribution in [-0.4, -0.2) is 17.6 Å². The van der Waals surface area contributed by atoms with E-state index in [9.17, 15) is 9.59 Å². The molecule has 1 rings (SSSR count). The summed E-state index contributed by atoms with van der Waals surface area (Å²) in [5.41, 5.74) is 1.39. The van der Waals surface area contributed by atoms with Gasteiger partial charge in [0.15, 0.2) is 0 Å². The van der Waals surface area contributed by atoms with Crippen LogP contribution in [0.5, 0.6) is 0 Å². The van der Waals surface area contributed by atoms with Crippen molar-refractivity contribution in [2.24, 2.45) is 0 Å². The Bertz CT molecular complexity index is 545. The Balaban J connectivity index is 2.44. The summed E-state index contributed by atoms with van der Waals surface area (Å²) in [6.45, 7) is 10.8. The number of ether oxygens (including phenoxy) is 1. The van der Waals surface area contributed by atoms with Crippen molar-refractivity contribution in [3.8, 4) is 0 Å². The standard InChI is InChI=1S/C16H22N2O3/c1-11-7-6-8-13(9-11)10-14(19)17-12(2)18-15(20)21-16(3,4)5/h6-9H,2,10H2,1,3-5H3,(H,17,19)(H,18,20). The number of amides is 2. The van der Waals surface area contributed by atoms with Gasteiger partial charge >= 0.3 is 6.09 Å². The summed E-state index contributed by atoms with van der Waals surface area (Å²) in [5, 5.41) is 4.90. The first-order valence-corrected chi connectivity index (χ1v) is 6.70. The molecule has 0 spiro atoms. The number of hydrogen-bond donors (Lipinski definition) is 2. The Morgan fingerprint density at radius 2 is 1.90 bits per heavy atom. The van der Waals surface area contributed by atoms with E-state index in [1.54, 1.807) is 20.8 Å². The third-order valence-electron chi connectivity index (χ3n) is 2.39.